The summed E-state index contributed by atoms with van der Waals surface area (Å²) in [6, 6.07) is 0. The van der Waals surface area contributed by atoms with E-state index in [9.17, 15) is 0 Å². The lowest BCUT2D eigenvalue weighted by Crippen LogP contribution is -2.14. The summed E-state index contributed by atoms with van der Waals surface area (Å²) in [7, 11) is 0. The molecule has 0 saturated carbocycles. The molecule has 1 aromatic rings. The van der Waals surface area contributed by atoms with Gasteiger partial charge < -0.3 is 5.32 Å². The smallest absolute Gasteiger partial charge is 0.0216 e. The number of nitrogens with one attached hydrogen (secondary N) is 1. The van der Waals surface area contributed by atoms with Gasteiger partial charge in [0.05, 0.1) is 0 Å². The van der Waals surface area contributed by atoms with E-state index < -0.39 is 0 Å². The molecule has 0 spiro atoms. The Hall–Kier alpha value is -0.340. The maximum absolute atomic E-state index is 3.45. The van der Waals surface area contributed by atoms with Crippen molar-refractivity contribution < 1.29 is 0 Å². The first-order chi connectivity index (χ1) is 6.29. The van der Waals surface area contributed by atoms with Crippen LogP contribution in [-0.2, 0) is 13.0 Å². The highest BCUT2D eigenvalue weighted by Gasteiger charge is 2.05. The van der Waals surface area contributed by atoms with Gasteiger partial charge in [0.15, 0.2) is 0 Å². The molecule has 1 nitrogen and oxygen atoms in total. The Morgan fingerprint density at radius 2 is 2.15 bits per heavy atom. The molecule has 0 amide bonds. The van der Waals surface area contributed by atoms with E-state index in [4.69, 9.17) is 0 Å². The summed E-state index contributed by atoms with van der Waals surface area (Å²) >= 11 is 1.87. The lowest BCUT2D eigenvalue weighted by Gasteiger charge is -2.04. The molecule has 0 radical (unpaired) electrons. The maximum Gasteiger partial charge on any atom is 0.0216 e. The second-order valence-electron chi connectivity index (χ2n) is 3.33. The zero-order valence-corrected chi connectivity index (χ0v) is 9.63. The van der Waals surface area contributed by atoms with Gasteiger partial charge in [0, 0.05) is 11.4 Å². The molecule has 2 heteroatoms. The van der Waals surface area contributed by atoms with Gasteiger partial charge in [-0.05, 0) is 42.8 Å². The molecule has 0 saturated heterocycles. The van der Waals surface area contributed by atoms with Gasteiger partial charge in [0.2, 0.25) is 0 Å². The normalized spacial score (nSPS) is 10.7. The lowest BCUT2D eigenvalue weighted by molar-refractivity contribution is 0.673. The molecule has 1 heterocycles. The average molecular weight is 197 g/mol. The summed E-state index contributed by atoms with van der Waals surface area (Å²) in [6.45, 7) is 8.82. The fraction of sp³-hybridized carbons (Fsp3) is 0.636. The largest absolute Gasteiger partial charge is 0.313 e. The van der Waals surface area contributed by atoms with Crippen LogP contribution in [0.3, 0.4) is 0 Å². The van der Waals surface area contributed by atoms with E-state index in [1.165, 1.54) is 23.3 Å². The Bertz CT molecular complexity index is 253. The highest BCUT2D eigenvalue weighted by molar-refractivity contribution is 7.10. The molecule has 1 N–H and O–H groups in total. The van der Waals surface area contributed by atoms with Crippen molar-refractivity contribution in [3.8, 4) is 0 Å². The van der Waals surface area contributed by atoms with E-state index in [1.54, 1.807) is 5.56 Å². The number of rotatable bonds is 5. The first-order valence-electron chi connectivity index (χ1n) is 5.06. The van der Waals surface area contributed by atoms with Crippen molar-refractivity contribution in [2.24, 2.45) is 0 Å². The molecule has 0 aliphatic carbocycles. The third kappa shape index (κ3) is 2.82. The van der Waals surface area contributed by atoms with Gasteiger partial charge >= 0.3 is 0 Å². The van der Waals surface area contributed by atoms with Gasteiger partial charge in [-0.1, -0.05) is 13.8 Å². The summed E-state index contributed by atoms with van der Waals surface area (Å²) < 4.78 is 0. The number of hydrogen-bond donors (Lipinski definition) is 1. The van der Waals surface area contributed by atoms with E-state index >= 15 is 0 Å². The van der Waals surface area contributed by atoms with Crippen LogP contribution in [-0.4, -0.2) is 6.54 Å². The SMILES string of the molecule is CCCNCc1csc(C)c1CC. The average Bonchev–Trinajstić information content (AvgIpc) is 2.47. The highest BCUT2D eigenvalue weighted by atomic mass is 32.1. The van der Waals surface area contributed by atoms with Gasteiger partial charge in [0.25, 0.3) is 0 Å². The van der Waals surface area contributed by atoms with Gasteiger partial charge in [-0.25, -0.2) is 0 Å². The summed E-state index contributed by atoms with van der Waals surface area (Å²) in [5, 5.41) is 5.73. The molecule has 0 fully saturated rings. The predicted octanol–water partition coefficient (Wildman–Crippen LogP) is 3.12. The fourth-order valence-corrected chi connectivity index (χ4v) is 2.51. The Morgan fingerprint density at radius 1 is 1.38 bits per heavy atom. The van der Waals surface area contributed by atoms with Crippen molar-refractivity contribution in [1.82, 2.24) is 5.32 Å². The molecule has 1 rings (SSSR count). The van der Waals surface area contributed by atoms with Crippen LogP contribution in [0, 0.1) is 6.92 Å². The van der Waals surface area contributed by atoms with Gasteiger partial charge in [-0.3, -0.25) is 0 Å². The van der Waals surface area contributed by atoms with Crippen LogP contribution in [0.4, 0.5) is 0 Å². The molecular formula is C11H19NS. The molecule has 0 atom stereocenters. The van der Waals surface area contributed by atoms with Gasteiger partial charge in [-0.2, -0.15) is 0 Å². The van der Waals surface area contributed by atoms with Crippen LogP contribution in [0.25, 0.3) is 0 Å². The minimum Gasteiger partial charge on any atom is -0.313 e. The third-order valence-corrected chi connectivity index (χ3v) is 3.29. The van der Waals surface area contributed by atoms with Crippen LogP contribution in [0.2, 0.25) is 0 Å². The summed E-state index contributed by atoms with van der Waals surface area (Å²) in [5.41, 5.74) is 3.05. The molecule has 0 unspecified atom stereocenters. The van der Waals surface area contributed by atoms with Crippen LogP contribution >= 0.6 is 11.3 Å². The monoisotopic (exact) mass is 197 g/mol. The Labute approximate surface area is 85.2 Å². The molecule has 0 aliphatic rings. The number of hydrogen-bond acceptors (Lipinski definition) is 2. The van der Waals surface area contributed by atoms with E-state index in [2.05, 4.69) is 31.5 Å². The van der Waals surface area contributed by atoms with Crippen LogP contribution in [0.5, 0.6) is 0 Å². The second-order valence-corrected chi connectivity index (χ2v) is 4.41. The number of thiophene rings is 1. The fourth-order valence-electron chi connectivity index (χ4n) is 1.55. The molecule has 13 heavy (non-hydrogen) atoms. The molecular weight excluding hydrogens is 178 g/mol. The summed E-state index contributed by atoms with van der Waals surface area (Å²) in [4.78, 5) is 1.48. The van der Waals surface area contributed by atoms with E-state index in [0.717, 1.165) is 13.1 Å². The first-order valence-corrected chi connectivity index (χ1v) is 5.94. The molecule has 1 aromatic heterocycles. The first kappa shape index (κ1) is 10.7. The molecule has 0 aliphatic heterocycles. The number of aryl methyl sites for hydroxylation is 1. The maximum atomic E-state index is 3.45. The van der Waals surface area contributed by atoms with Crippen LogP contribution < -0.4 is 5.32 Å². The van der Waals surface area contributed by atoms with Crippen molar-refractivity contribution in [3.05, 3.63) is 21.4 Å². The third-order valence-electron chi connectivity index (χ3n) is 2.29. The summed E-state index contributed by atoms with van der Waals surface area (Å²) in [5.74, 6) is 0. The summed E-state index contributed by atoms with van der Waals surface area (Å²) in [6.07, 6.45) is 2.38. The van der Waals surface area contributed by atoms with Gasteiger partial charge in [0.1, 0.15) is 0 Å². The minimum atomic E-state index is 1.04. The van der Waals surface area contributed by atoms with Crippen LogP contribution in [0.15, 0.2) is 5.38 Å². The zero-order chi connectivity index (χ0) is 9.68. The van der Waals surface area contributed by atoms with Crippen molar-refractivity contribution in [3.63, 3.8) is 0 Å². The van der Waals surface area contributed by atoms with Crippen molar-refractivity contribution >= 4 is 11.3 Å². The highest BCUT2D eigenvalue weighted by Crippen LogP contribution is 2.21. The van der Waals surface area contributed by atoms with Crippen molar-refractivity contribution in [2.45, 2.75) is 40.2 Å². The lowest BCUT2D eigenvalue weighted by atomic mass is 10.1. The second kappa shape index (κ2) is 5.40. The topological polar surface area (TPSA) is 12.0 Å². The molecule has 0 aromatic carbocycles. The Balaban J connectivity index is 2.55. The predicted molar refractivity (Wildman–Crippen MR) is 60.4 cm³/mol. The quantitative estimate of drug-likeness (QED) is 0.715. The van der Waals surface area contributed by atoms with E-state index in [0.29, 0.717) is 0 Å². The van der Waals surface area contributed by atoms with E-state index in [1.807, 2.05) is 11.3 Å². The minimum absolute atomic E-state index is 1.04. The van der Waals surface area contributed by atoms with Crippen molar-refractivity contribution in [2.75, 3.05) is 6.54 Å². The van der Waals surface area contributed by atoms with Crippen molar-refractivity contribution in [1.29, 1.82) is 0 Å². The molecule has 74 valence electrons. The Morgan fingerprint density at radius 3 is 2.77 bits per heavy atom. The standard InChI is InChI=1S/C11H19NS/c1-4-6-12-7-10-8-13-9(3)11(10)5-2/h8,12H,4-7H2,1-3H3. The zero-order valence-electron chi connectivity index (χ0n) is 8.81. The molecule has 0 bridgehead atoms. The van der Waals surface area contributed by atoms with Crippen LogP contribution in [0.1, 0.15) is 36.3 Å². The Kier molecular flexibility index (Phi) is 4.46. The van der Waals surface area contributed by atoms with Gasteiger partial charge in [-0.15, -0.1) is 11.3 Å². The van der Waals surface area contributed by atoms with E-state index in [-0.39, 0.29) is 0 Å².